The Kier molecular flexibility index (Phi) is 4.08. The highest BCUT2D eigenvalue weighted by atomic mass is 16.2. The number of hydrogen-bond donors (Lipinski definition) is 1. The van der Waals surface area contributed by atoms with Crippen molar-refractivity contribution in [1.82, 2.24) is 10.2 Å². The summed E-state index contributed by atoms with van der Waals surface area (Å²) in [6.45, 7) is 1.36. The molecule has 2 amide bonds. The highest BCUT2D eigenvalue weighted by Crippen LogP contribution is 2.32. The van der Waals surface area contributed by atoms with Gasteiger partial charge in [-0.15, -0.1) is 0 Å². The van der Waals surface area contributed by atoms with Crippen LogP contribution in [0.15, 0.2) is 11.6 Å². The number of nitrogens with one attached hydrogen (secondary N) is 1. The summed E-state index contributed by atoms with van der Waals surface area (Å²) in [5.74, 6) is 0.115. The highest BCUT2D eigenvalue weighted by Gasteiger charge is 2.41. The Labute approximate surface area is 120 Å². The van der Waals surface area contributed by atoms with Gasteiger partial charge in [-0.3, -0.25) is 9.59 Å². The Morgan fingerprint density at radius 3 is 2.90 bits per heavy atom. The molecule has 3 rings (SSSR count). The average molecular weight is 276 g/mol. The molecular weight excluding hydrogens is 252 g/mol. The first-order valence-corrected chi connectivity index (χ1v) is 7.99. The van der Waals surface area contributed by atoms with Crippen molar-refractivity contribution in [2.24, 2.45) is 5.92 Å². The van der Waals surface area contributed by atoms with Crippen LogP contribution in [0.2, 0.25) is 0 Å². The maximum absolute atomic E-state index is 12.1. The summed E-state index contributed by atoms with van der Waals surface area (Å²) < 4.78 is 0. The zero-order valence-corrected chi connectivity index (χ0v) is 12.1. The normalized spacial score (nSPS) is 26.6. The van der Waals surface area contributed by atoms with Crippen LogP contribution in [0, 0.1) is 5.92 Å². The van der Waals surface area contributed by atoms with Gasteiger partial charge >= 0.3 is 0 Å². The van der Waals surface area contributed by atoms with Crippen LogP contribution in [-0.2, 0) is 9.59 Å². The lowest BCUT2D eigenvalue weighted by Crippen LogP contribution is -2.34. The summed E-state index contributed by atoms with van der Waals surface area (Å²) in [7, 11) is 0. The van der Waals surface area contributed by atoms with Crippen molar-refractivity contribution in [2.45, 2.75) is 57.4 Å². The second kappa shape index (κ2) is 5.98. The quantitative estimate of drug-likeness (QED) is 0.781. The Morgan fingerprint density at radius 2 is 2.20 bits per heavy atom. The van der Waals surface area contributed by atoms with E-state index in [1.54, 1.807) is 0 Å². The van der Waals surface area contributed by atoms with Crippen molar-refractivity contribution in [3.63, 3.8) is 0 Å². The smallest absolute Gasteiger partial charge is 0.225 e. The van der Waals surface area contributed by atoms with Gasteiger partial charge < -0.3 is 10.2 Å². The third-order valence-electron chi connectivity index (χ3n) is 4.65. The van der Waals surface area contributed by atoms with Crippen LogP contribution in [0.1, 0.15) is 51.4 Å². The minimum Gasteiger partial charge on any atom is -0.355 e. The lowest BCUT2D eigenvalue weighted by molar-refractivity contribution is -0.129. The number of amides is 2. The fourth-order valence-corrected chi connectivity index (χ4v) is 3.27. The summed E-state index contributed by atoms with van der Waals surface area (Å²) >= 11 is 0. The molecule has 1 atom stereocenters. The van der Waals surface area contributed by atoms with Gasteiger partial charge in [0.15, 0.2) is 0 Å². The van der Waals surface area contributed by atoms with Gasteiger partial charge in [0.05, 0.1) is 5.92 Å². The van der Waals surface area contributed by atoms with E-state index >= 15 is 0 Å². The van der Waals surface area contributed by atoms with E-state index in [1.807, 2.05) is 4.90 Å². The van der Waals surface area contributed by atoms with Crippen molar-refractivity contribution in [2.75, 3.05) is 13.1 Å². The lowest BCUT2D eigenvalue weighted by atomic mass is 9.97. The van der Waals surface area contributed by atoms with Crippen LogP contribution in [-0.4, -0.2) is 35.8 Å². The van der Waals surface area contributed by atoms with Gasteiger partial charge in [-0.25, -0.2) is 0 Å². The zero-order valence-electron chi connectivity index (χ0n) is 12.1. The molecule has 1 saturated carbocycles. The summed E-state index contributed by atoms with van der Waals surface area (Å²) in [5.41, 5.74) is 1.48. The number of carbonyl (C=O) groups excluding carboxylic acids is 2. The van der Waals surface area contributed by atoms with Gasteiger partial charge in [0.25, 0.3) is 0 Å². The van der Waals surface area contributed by atoms with Crippen LogP contribution >= 0.6 is 0 Å². The third kappa shape index (κ3) is 3.22. The Balaban J connectivity index is 1.40. The lowest BCUT2D eigenvalue weighted by Gasteiger charge is -2.16. The van der Waals surface area contributed by atoms with Crippen LogP contribution in [0.3, 0.4) is 0 Å². The molecule has 1 heterocycles. The molecule has 3 aliphatic rings. The van der Waals surface area contributed by atoms with Crippen molar-refractivity contribution in [3.8, 4) is 0 Å². The molecule has 0 radical (unpaired) electrons. The van der Waals surface area contributed by atoms with E-state index in [0.29, 0.717) is 19.0 Å². The molecule has 4 nitrogen and oxygen atoms in total. The largest absolute Gasteiger partial charge is 0.355 e. The molecule has 0 spiro atoms. The summed E-state index contributed by atoms with van der Waals surface area (Å²) in [6, 6.07) is 0.438. The number of allylic oxidation sites excluding steroid dienone is 1. The molecular formula is C16H24N2O2. The zero-order chi connectivity index (χ0) is 13.9. The first kappa shape index (κ1) is 13.7. The molecule has 0 unspecified atom stereocenters. The summed E-state index contributed by atoms with van der Waals surface area (Å²) in [4.78, 5) is 25.9. The second-order valence-corrected chi connectivity index (χ2v) is 6.33. The number of carbonyl (C=O) groups is 2. The number of rotatable bonds is 5. The number of nitrogens with zero attached hydrogens (tertiary/aromatic N) is 1. The minimum atomic E-state index is -0.122. The SMILES string of the molecule is O=C(NCCC1=CCCCC1)[C@@H]1CC(=O)N(C2CC2)C1. The molecule has 0 aromatic rings. The molecule has 1 N–H and O–H groups in total. The van der Waals surface area contributed by atoms with Gasteiger partial charge in [0, 0.05) is 25.6 Å². The summed E-state index contributed by atoms with van der Waals surface area (Å²) in [5, 5.41) is 3.01. The molecule has 2 aliphatic carbocycles. The Bertz CT molecular complexity index is 426. The van der Waals surface area contributed by atoms with Crippen molar-refractivity contribution < 1.29 is 9.59 Å². The van der Waals surface area contributed by atoms with Crippen LogP contribution < -0.4 is 5.32 Å². The molecule has 110 valence electrons. The fourth-order valence-electron chi connectivity index (χ4n) is 3.27. The van der Waals surface area contributed by atoms with E-state index in [1.165, 1.54) is 31.3 Å². The minimum absolute atomic E-state index is 0.0675. The monoisotopic (exact) mass is 276 g/mol. The fraction of sp³-hybridized carbons (Fsp3) is 0.750. The van der Waals surface area contributed by atoms with E-state index < -0.39 is 0 Å². The topological polar surface area (TPSA) is 49.4 Å². The molecule has 20 heavy (non-hydrogen) atoms. The first-order valence-electron chi connectivity index (χ1n) is 7.99. The number of hydrogen-bond acceptors (Lipinski definition) is 2. The van der Waals surface area contributed by atoms with E-state index in [0.717, 1.165) is 25.8 Å². The van der Waals surface area contributed by atoms with Crippen LogP contribution in [0.4, 0.5) is 0 Å². The van der Waals surface area contributed by atoms with Crippen LogP contribution in [0.25, 0.3) is 0 Å². The second-order valence-electron chi connectivity index (χ2n) is 6.33. The molecule has 0 aromatic carbocycles. The highest BCUT2D eigenvalue weighted by molar-refractivity contribution is 5.89. The third-order valence-corrected chi connectivity index (χ3v) is 4.65. The molecule has 1 aliphatic heterocycles. The Hall–Kier alpha value is -1.32. The van der Waals surface area contributed by atoms with Crippen LogP contribution in [0.5, 0.6) is 0 Å². The predicted octanol–water partition coefficient (Wildman–Crippen LogP) is 2.00. The van der Waals surface area contributed by atoms with E-state index in [4.69, 9.17) is 0 Å². The number of likely N-dealkylation sites (tertiary alicyclic amines) is 1. The van der Waals surface area contributed by atoms with E-state index in [9.17, 15) is 9.59 Å². The molecule has 1 saturated heterocycles. The van der Waals surface area contributed by atoms with Gasteiger partial charge in [-0.1, -0.05) is 11.6 Å². The van der Waals surface area contributed by atoms with Crippen molar-refractivity contribution in [3.05, 3.63) is 11.6 Å². The summed E-state index contributed by atoms with van der Waals surface area (Å²) in [6.07, 6.45) is 10.9. The van der Waals surface area contributed by atoms with Gasteiger partial charge in [0.1, 0.15) is 0 Å². The first-order chi connectivity index (χ1) is 9.74. The van der Waals surface area contributed by atoms with Gasteiger partial charge in [0.2, 0.25) is 11.8 Å². The molecule has 2 fully saturated rings. The molecule has 0 bridgehead atoms. The molecule has 4 heteroatoms. The Morgan fingerprint density at radius 1 is 1.35 bits per heavy atom. The van der Waals surface area contributed by atoms with Crippen molar-refractivity contribution in [1.29, 1.82) is 0 Å². The maximum atomic E-state index is 12.1. The standard InChI is InChI=1S/C16H24N2O2/c19-15-10-13(11-18(15)14-6-7-14)16(20)17-9-8-12-4-2-1-3-5-12/h4,13-14H,1-3,5-11H2,(H,17,20)/t13-/m1/s1. The van der Waals surface area contributed by atoms with Gasteiger partial charge in [-0.2, -0.15) is 0 Å². The van der Waals surface area contributed by atoms with Gasteiger partial charge in [-0.05, 0) is 44.9 Å². The molecule has 0 aromatic heterocycles. The van der Waals surface area contributed by atoms with E-state index in [-0.39, 0.29) is 17.7 Å². The average Bonchev–Trinajstić information content (AvgIpc) is 3.23. The van der Waals surface area contributed by atoms with E-state index in [2.05, 4.69) is 11.4 Å². The predicted molar refractivity (Wildman–Crippen MR) is 77.0 cm³/mol. The van der Waals surface area contributed by atoms with Crippen molar-refractivity contribution >= 4 is 11.8 Å². The maximum Gasteiger partial charge on any atom is 0.225 e.